The normalized spacial score (nSPS) is 12.0. The second kappa shape index (κ2) is 7.33. The molecule has 0 bridgehead atoms. The van der Waals surface area contributed by atoms with Gasteiger partial charge in [0.15, 0.2) is 0 Å². The van der Waals surface area contributed by atoms with Gasteiger partial charge in [-0.25, -0.2) is 0 Å². The Morgan fingerprint density at radius 1 is 1.38 bits per heavy atom. The van der Waals surface area contributed by atoms with E-state index in [1.54, 1.807) is 18.5 Å². The molecule has 1 heterocycles. The van der Waals surface area contributed by atoms with E-state index in [0.717, 1.165) is 15.6 Å². The first-order chi connectivity index (χ1) is 10.1. The molecule has 1 aromatic heterocycles. The summed E-state index contributed by atoms with van der Waals surface area (Å²) < 4.78 is 0.908. The molecule has 0 aliphatic carbocycles. The first-order valence-electron chi connectivity index (χ1n) is 6.69. The summed E-state index contributed by atoms with van der Waals surface area (Å²) in [5.41, 5.74) is 2.40. The van der Waals surface area contributed by atoms with Crippen LogP contribution in [0.5, 0.6) is 0 Å². The Kier molecular flexibility index (Phi) is 5.47. The average Bonchev–Trinajstić information content (AvgIpc) is 2.47. The summed E-state index contributed by atoms with van der Waals surface area (Å²) in [6, 6.07) is 9.21. The minimum absolute atomic E-state index is 0.00164. The number of carbonyl (C=O) groups excluding carboxylic acids is 1. The zero-order valence-corrected chi connectivity index (χ0v) is 13.3. The maximum atomic E-state index is 12.3. The third-order valence-electron chi connectivity index (χ3n) is 3.14. The SMILES string of the molecule is Cc1cncc(C(=O)NC(CCO)c2ccccc2Br)c1. The van der Waals surface area contributed by atoms with Crippen LogP contribution in [0.3, 0.4) is 0 Å². The number of pyridine rings is 1. The Morgan fingerprint density at radius 3 is 2.81 bits per heavy atom. The molecule has 1 amide bonds. The molecule has 0 radical (unpaired) electrons. The fourth-order valence-electron chi connectivity index (χ4n) is 2.11. The maximum absolute atomic E-state index is 12.3. The van der Waals surface area contributed by atoms with Gasteiger partial charge in [0, 0.05) is 23.5 Å². The van der Waals surface area contributed by atoms with Gasteiger partial charge in [-0.2, -0.15) is 0 Å². The number of nitrogens with one attached hydrogen (secondary N) is 1. The van der Waals surface area contributed by atoms with Crippen molar-refractivity contribution in [2.45, 2.75) is 19.4 Å². The number of aliphatic hydroxyl groups is 1. The van der Waals surface area contributed by atoms with Crippen molar-refractivity contribution in [3.8, 4) is 0 Å². The Bertz CT molecular complexity index is 631. The van der Waals surface area contributed by atoms with Gasteiger partial charge in [0.1, 0.15) is 0 Å². The Balaban J connectivity index is 2.20. The monoisotopic (exact) mass is 348 g/mol. The molecule has 2 aromatic rings. The van der Waals surface area contributed by atoms with Crippen molar-refractivity contribution in [1.82, 2.24) is 10.3 Å². The number of amides is 1. The Hall–Kier alpha value is -1.72. The molecular formula is C16H17BrN2O2. The molecule has 1 aromatic carbocycles. The van der Waals surface area contributed by atoms with Crippen LogP contribution in [-0.2, 0) is 0 Å². The number of carbonyl (C=O) groups is 1. The van der Waals surface area contributed by atoms with Gasteiger partial charge in [-0.3, -0.25) is 9.78 Å². The van der Waals surface area contributed by atoms with Crippen LogP contribution in [0.1, 0.15) is 33.9 Å². The number of hydrogen-bond acceptors (Lipinski definition) is 3. The lowest BCUT2D eigenvalue weighted by Gasteiger charge is -2.19. The van der Waals surface area contributed by atoms with E-state index in [9.17, 15) is 9.90 Å². The average molecular weight is 349 g/mol. The maximum Gasteiger partial charge on any atom is 0.253 e. The van der Waals surface area contributed by atoms with Crippen molar-refractivity contribution in [3.05, 3.63) is 63.9 Å². The fourth-order valence-corrected chi connectivity index (χ4v) is 2.67. The van der Waals surface area contributed by atoms with E-state index in [1.807, 2.05) is 31.2 Å². The number of nitrogens with zero attached hydrogens (tertiary/aromatic N) is 1. The molecule has 1 atom stereocenters. The van der Waals surface area contributed by atoms with E-state index in [1.165, 1.54) is 0 Å². The van der Waals surface area contributed by atoms with Crippen LogP contribution in [0.4, 0.5) is 0 Å². The van der Waals surface area contributed by atoms with E-state index in [2.05, 4.69) is 26.2 Å². The molecule has 5 heteroatoms. The van der Waals surface area contributed by atoms with Crippen molar-refractivity contribution in [2.75, 3.05) is 6.61 Å². The summed E-state index contributed by atoms with van der Waals surface area (Å²) in [5, 5.41) is 12.2. The second-order valence-electron chi connectivity index (χ2n) is 4.81. The third-order valence-corrected chi connectivity index (χ3v) is 3.86. The lowest BCUT2D eigenvalue weighted by molar-refractivity contribution is 0.0929. The molecule has 110 valence electrons. The molecule has 0 saturated heterocycles. The van der Waals surface area contributed by atoms with E-state index in [-0.39, 0.29) is 18.6 Å². The summed E-state index contributed by atoms with van der Waals surface area (Å²) in [5.74, 6) is -0.194. The van der Waals surface area contributed by atoms with Crippen LogP contribution in [-0.4, -0.2) is 22.6 Å². The molecular weight excluding hydrogens is 332 g/mol. The molecule has 0 fully saturated rings. The first kappa shape index (κ1) is 15.7. The van der Waals surface area contributed by atoms with Crippen molar-refractivity contribution >= 4 is 21.8 Å². The van der Waals surface area contributed by atoms with Crippen LogP contribution in [0.15, 0.2) is 47.2 Å². The van der Waals surface area contributed by atoms with Gasteiger partial charge < -0.3 is 10.4 Å². The number of aryl methyl sites for hydroxylation is 1. The summed E-state index contributed by atoms with van der Waals surface area (Å²) in [6.07, 6.45) is 3.70. The van der Waals surface area contributed by atoms with Crippen LogP contribution in [0.2, 0.25) is 0 Å². The van der Waals surface area contributed by atoms with Crippen LogP contribution in [0.25, 0.3) is 0 Å². The standard InChI is InChI=1S/C16H17BrN2O2/c1-11-8-12(10-18-9-11)16(21)19-15(6-7-20)13-4-2-3-5-14(13)17/h2-5,8-10,15,20H,6-7H2,1H3,(H,19,21). The molecule has 2 N–H and O–H groups in total. The molecule has 0 aliphatic heterocycles. The second-order valence-corrected chi connectivity index (χ2v) is 5.67. The number of halogens is 1. The zero-order valence-electron chi connectivity index (χ0n) is 11.7. The minimum atomic E-state index is -0.251. The summed E-state index contributed by atoms with van der Waals surface area (Å²) >= 11 is 3.48. The summed E-state index contributed by atoms with van der Waals surface area (Å²) in [6.45, 7) is 1.89. The molecule has 0 spiro atoms. The largest absolute Gasteiger partial charge is 0.396 e. The van der Waals surface area contributed by atoms with E-state index in [4.69, 9.17) is 0 Å². The lowest BCUT2D eigenvalue weighted by Crippen LogP contribution is -2.29. The highest BCUT2D eigenvalue weighted by Gasteiger charge is 2.17. The van der Waals surface area contributed by atoms with Gasteiger partial charge in [-0.15, -0.1) is 0 Å². The van der Waals surface area contributed by atoms with Crippen molar-refractivity contribution in [1.29, 1.82) is 0 Å². The van der Waals surface area contributed by atoms with E-state index >= 15 is 0 Å². The lowest BCUT2D eigenvalue weighted by atomic mass is 10.0. The van der Waals surface area contributed by atoms with E-state index in [0.29, 0.717) is 12.0 Å². The molecule has 1 unspecified atom stereocenters. The Labute approximate surface area is 132 Å². The number of aromatic nitrogens is 1. The van der Waals surface area contributed by atoms with Crippen molar-refractivity contribution in [3.63, 3.8) is 0 Å². The minimum Gasteiger partial charge on any atom is -0.396 e. The van der Waals surface area contributed by atoms with Crippen LogP contribution in [0, 0.1) is 6.92 Å². The number of rotatable bonds is 5. The molecule has 2 rings (SSSR count). The summed E-state index contributed by atoms with van der Waals surface area (Å²) in [7, 11) is 0. The molecule has 21 heavy (non-hydrogen) atoms. The predicted molar refractivity (Wildman–Crippen MR) is 85.0 cm³/mol. The Morgan fingerprint density at radius 2 is 2.14 bits per heavy atom. The summed E-state index contributed by atoms with van der Waals surface area (Å²) in [4.78, 5) is 16.3. The smallest absolute Gasteiger partial charge is 0.253 e. The van der Waals surface area contributed by atoms with Gasteiger partial charge >= 0.3 is 0 Å². The van der Waals surface area contributed by atoms with Gasteiger partial charge in [-0.1, -0.05) is 34.1 Å². The quantitative estimate of drug-likeness (QED) is 0.872. The van der Waals surface area contributed by atoms with E-state index < -0.39 is 0 Å². The highest BCUT2D eigenvalue weighted by Crippen LogP contribution is 2.25. The van der Waals surface area contributed by atoms with Gasteiger partial charge in [0.2, 0.25) is 0 Å². The molecule has 0 saturated carbocycles. The number of benzene rings is 1. The van der Waals surface area contributed by atoms with Gasteiger partial charge in [-0.05, 0) is 36.6 Å². The van der Waals surface area contributed by atoms with Crippen LogP contribution < -0.4 is 5.32 Å². The van der Waals surface area contributed by atoms with Gasteiger partial charge in [0.05, 0.1) is 11.6 Å². The van der Waals surface area contributed by atoms with Crippen molar-refractivity contribution < 1.29 is 9.90 Å². The number of aliphatic hydroxyl groups excluding tert-OH is 1. The molecule has 4 nitrogen and oxygen atoms in total. The molecule has 0 aliphatic rings. The van der Waals surface area contributed by atoms with Gasteiger partial charge in [0.25, 0.3) is 5.91 Å². The third kappa shape index (κ3) is 4.12. The van der Waals surface area contributed by atoms with Crippen LogP contribution >= 0.6 is 15.9 Å². The topological polar surface area (TPSA) is 62.2 Å². The number of hydrogen-bond donors (Lipinski definition) is 2. The highest BCUT2D eigenvalue weighted by molar-refractivity contribution is 9.10. The fraction of sp³-hybridized carbons (Fsp3) is 0.250. The zero-order chi connectivity index (χ0) is 15.2. The first-order valence-corrected chi connectivity index (χ1v) is 7.49. The highest BCUT2D eigenvalue weighted by atomic mass is 79.9. The predicted octanol–water partition coefficient (Wildman–Crippen LogP) is 3.01. The van der Waals surface area contributed by atoms with Crippen molar-refractivity contribution in [2.24, 2.45) is 0 Å².